The molecule has 1 amide bonds. The molecule has 3 heterocycles. The van der Waals surface area contributed by atoms with Crippen molar-refractivity contribution in [1.29, 1.82) is 0 Å². The van der Waals surface area contributed by atoms with Crippen LogP contribution >= 0.6 is 0 Å². The van der Waals surface area contributed by atoms with Gasteiger partial charge in [-0.2, -0.15) is 4.31 Å². The van der Waals surface area contributed by atoms with Crippen molar-refractivity contribution in [2.24, 2.45) is 7.05 Å². The van der Waals surface area contributed by atoms with E-state index < -0.39 is 10.0 Å². The monoisotopic (exact) mass is 442 g/mol. The van der Waals surface area contributed by atoms with Crippen LogP contribution in [0.2, 0.25) is 0 Å². The Morgan fingerprint density at radius 2 is 2.03 bits per heavy atom. The van der Waals surface area contributed by atoms with Gasteiger partial charge in [-0.05, 0) is 30.7 Å². The van der Waals surface area contributed by atoms with Crippen LogP contribution in [0.15, 0.2) is 54.1 Å². The van der Waals surface area contributed by atoms with Crippen LogP contribution in [0.4, 0.5) is 5.69 Å². The lowest BCUT2D eigenvalue weighted by Crippen LogP contribution is -2.56. The van der Waals surface area contributed by atoms with Gasteiger partial charge in [0, 0.05) is 50.5 Å². The second-order valence-electron chi connectivity index (χ2n) is 7.71. The van der Waals surface area contributed by atoms with Crippen molar-refractivity contribution in [3.8, 4) is 0 Å². The summed E-state index contributed by atoms with van der Waals surface area (Å²) in [5.74, 6) is -0.132. The molecule has 0 radical (unpaired) electrons. The van der Waals surface area contributed by atoms with Gasteiger partial charge in [0.2, 0.25) is 5.91 Å². The third kappa shape index (κ3) is 4.46. The summed E-state index contributed by atoms with van der Waals surface area (Å²) < 4.78 is 29.2. The number of hydrogen-bond acceptors (Lipinski definition) is 6. The molecule has 3 aromatic rings. The second kappa shape index (κ2) is 8.74. The largest absolute Gasteiger partial charge is 0.339 e. The van der Waals surface area contributed by atoms with E-state index in [0.29, 0.717) is 26.1 Å². The number of aromatic nitrogens is 3. The normalized spacial score (nSPS) is 18.3. The minimum absolute atomic E-state index is 0.0595. The number of benzene rings is 1. The van der Waals surface area contributed by atoms with Gasteiger partial charge in [0.25, 0.3) is 10.0 Å². The number of nitrogens with zero attached hydrogens (tertiary/aromatic N) is 5. The van der Waals surface area contributed by atoms with E-state index in [1.165, 1.54) is 16.8 Å². The number of carbonyl (C=O) groups is 1. The number of aryl methyl sites for hydroxylation is 1. The highest BCUT2D eigenvalue weighted by molar-refractivity contribution is 7.89. The van der Waals surface area contributed by atoms with Crippen molar-refractivity contribution < 1.29 is 13.2 Å². The highest BCUT2D eigenvalue weighted by Gasteiger charge is 2.36. The van der Waals surface area contributed by atoms with Gasteiger partial charge in [0.1, 0.15) is 0 Å². The van der Waals surface area contributed by atoms with Crippen LogP contribution in [-0.4, -0.2) is 70.3 Å². The molecule has 0 saturated carbocycles. The lowest BCUT2D eigenvalue weighted by Gasteiger charge is -2.39. The molecule has 1 atom stereocenters. The first-order chi connectivity index (χ1) is 14.9. The lowest BCUT2D eigenvalue weighted by atomic mass is 10.1. The Bertz CT molecular complexity index is 1190. The molecule has 4 rings (SSSR count). The Labute approximate surface area is 181 Å². The molecule has 164 valence electrons. The summed E-state index contributed by atoms with van der Waals surface area (Å²) in [5, 5.41) is 3.91. The molecule has 1 N–H and O–H groups in total. The summed E-state index contributed by atoms with van der Waals surface area (Å²) >= 11 is 0. The Morgan fingerprint density at radius 3 is 2.77 bits per heavy atom. The molecule has 1 fully saturated rings. The molecule has 1 saturated heterocycles. The van der Waals surface area contributed by atoms with Crippen LogP contribution in [0.25, 0.3) is 10.9 Å². The van der Waals surface area contributed by atoms with Gasteiger partial charge in [0.15, 0.2) is 5.03 Å². The summed E-state index contributed by atoms with van der Waals surface area (Å²) in [4.78, 5) is 23.0. The highest BCUT2D eigenvalue weighted by atomic mass is 32.2. The second-order valence-corrected chi connectivity index (χ2v) is 9.55. The van der Waals surface area contributed by atoms with Crippen LogP contribution < -0.4 is 5.32 Å². The van der Waals surface area contributed by atoms with E-state index >= 15 is 0 Å². The van der Waals surface area contributed by atoms with E-state index in [1.807, 2.05) is 42.2 Å². The van der Waals surface area contributed by atoms with Crippen LogP contribution in [0.1, 0.15) is 13.3 Å². The number of amides is 1. The maximum absolute atomic E-state index is 13.0. The first-order valence-corrected chi connectivity index (χ1v) is 11.7. The molecule has 1 aliphatic heterocycles. The van der Waals surface area contributed by atoms with Gasteiger partial charge < -0.3 is 9.88 Å². The fourth-order valence-corrected chi connectivity index (χ4v) is 5.59. The fourth-order valence-electron chi connectivity index (χ4n) is 3.94. The quantitative estimate of drug-likeness (QED) is 0.624. The summed E-state index contributed by atoms with van der Waals surface area (Å²) in [6.45, 7) is 3.45. The number of nitrogens with one attached hydrogen (secondary N) is 1. The van der Waals surface area contributed by atoms with E-state index in [2.05, 4.69) is 15.3 Å². The Morgan fingerprint density at radius 1 is 1.19 bits per heavy atom. The smallest absolute Gasteiger partial charge is 0.262 e. The number of anilines is 1. The number of rotatable bonds is 6. The standard InChI is InChI=1S/C21H26N6O3S/c1-3-16-12-26(10-11-27(16)31(29,30)21-14-25(2)15-23-21)13-20(28)24-19-8-4-7-18-17(19)6-5-9-22-18/h4-9,14-16H,3,10-13H2,1-2H3,(H,24,28). The molecule has 2 aromatic heterocycles. The fraction of sp³-hybridized carbons (Fsp3) is 0.381. The Balaban J connectivity index is 1.42. The molecule has 1 aromatic carbocycles. The maximum atomic E-state index is 13.0. The Hall–Kier alpha value is -2.82. The highest BCUT2D eigenvalue weighted by Crippen LogP contribution is 2.23. The Kier molecular flexibility index (Phi) is 6.03. The van der Waals surface area contributed by atoms with Crippen molar-refractivity contribution in [2.75, 3.05) is 31.5 Å². The maximum Gasteiger partial charge on any atom is 0.262 e. The van der Waals surface area contributed by atoms with Crippen LogP contribution in [0.5, 0.6) is 0 Å². The van der Waals surface area contributed by atoms with Crippen molar-refractivity contribution in [1.82, 2.24) is 23.7 Å². The molecule has 0 spiro atoms. The van der Waals surface area contributed by atoms with E-state index in [-0.39, 0.29) is 23.5 Å². The number of piperazine rings is 1. The summed E-state index contributed by atoms with van der Waals surface area (Å²) in [6, 6.07) is 9.17. The number of pyridine rings is 1. The van der Waals surface area contributed by atoms with Gasteiger partial charge in [-0.25, -0.2) is 13.4 Å². The predicted octanol–water partition coefficient (Wildman–Crippen LogP) is 1.69. The van der Waals surface area contributed by atoms with E-state index in [4.69, 9.17) is 0 Å². The molecule has 31 heavy (non-hydrogen) atoms. The lowest BCUT2D eigenvalue weighted by molar-refractivity contribution is -0.117. The van der Waals surface area contributed by atoms with E-state index in [9.17, 15) is 13.2 Å². The van der Waals surface area contributed by atoms with Gasteiger partial charge in [0.05, 0.1) is 24.1 Å². The zero-order chi connectivity index (χ0) is 22.0. The molecule has 10 heteroatoms. The molecule has 9 nitrogen and oxygen atoms in total. The topological polar surface area (TPSA) is 100 Å². The van der Waals surface area contributed by atoms with Crippen molar-refractivity contribution in [2.45, 2.75) is 24.4 Å². The first kappa shape index (κ1) is 21.4. The van der Waals surface area contributed by atoms with Gasteiger partial charge in [-0.3, -0.25) is 14.7 Å². The van der Waals surface area contributed by atoms with E-state index in [1.54, 1.807) is 17.8 Å². The predicted molar refractivity (Wildman–Crippen MR) is 118 cm³/mol. The van der Waals surface area contributed by atoms with E-state index in [0.717, 1.165) is 16.6 Å². The van der Waals surface area contributed by atoms with Crippen LogP contribution in [-0.2, 0) is 21.9 Å². The molecule has 0 bridgehead atoms. The molecular formula is C21H26N6O3S. The first-order valence-electron chi connectivity index (χ1n) is 10.2. The van der Waals surface area contributed by atoms with Crippen LogP contribution in [0.3, 0.4) is 0 Å². The van der Waals surface area contributed by atoms with Gasteiger partial charge in [-0.1, -0.05) is 13.0 Å². The average Bonchev–Trinajstić information content (AvgIpc) is 3.21. The van der Waals surface area contributed by atoms with Gasteiger partial charge in [-0.15, -0.1) is 0 Å². The summed E-state index contributed by atoms with van der Waals surface area (Å²) in [6.07, 6.45) is 5.37. The molecule has 1 unspecified atom stereocenters. The third-order valence-corrected chi connectivity index (χ3v) is 7.36. The third-order valence-electron chi connectivity index (χ3n) is 5.53. The molecule has 1 aliphatic rings. The van der Waals surface area contributed by atoms with Crippen LogP contribution in [0, 0.1) is 0 Å². The minimum Gasteiger partial charge on any atom is -0.339 e. The number of hydrogen-bond donors (Lipinski definition) is 1. The number of carbonyl (C=O) groups excluding carboxylic acids is 1. The summed E-state index contributed by atoms with van der Waals surface area (Å²) in [7, 11) is -1.92. The van der Waals surface area contributed by atoms with Crippen molar-refractivity contribution >= 4 is 32.5 Å². The zero-order valence-electron chi connectivity index (χ0n) is 17.6. The number of sulfonamides is 1. The zero-order valence-corrected chi connectivity index (χ0v) is 18.4. The SMILES string of the molecule is CCC1CN(CC(=O)Nc2cccc3ncccc23)CCN1S(=O)(=O)c1cn(C)cn1. The van der Waals surface area contributed by atoms with Crippen molar-refractivity contribution in [3.63, 3.8) is 0 Å². The number of imidazole rings is 1. The minimum atomic E-state index is -3.66. The average molecular weight is 443 g/mol. The summed E-state index contributed by atoms with van der Waals surface area (Å²) in [5.41, 5.74) is 1.54. The molecule has 0 aliphatic carbocycles. The van der Waals surface area contributed by atoms with Gasteiger partial charge >= 0.3 is 0 Å². The number of fused-ring (bicyclic) bond motifs is 1. The molecular weight excluding hydrogens is 416 g/mol. The van der Waals surface area contributed by atoms with Crippen molar-refractivity contribution in [3.05, 3.63) is 49.1 Å².